The predicted octanol–water partition coefficient (Wildman–Crippen LogP) is 3.76. The van der Waals surface area contributed by atoms with Crippen LogP contribution in [0.5, 0.6) is 0 Å². The highest BCUT2D eigenvalue weighted by molar-refractivity contribution is 6.34. The molecule has 3 N–H and O–H groups in total. The number of carbonyl (C=O) groups is 3. The number of likely N-dealkylation sites (tertiary alicyclic amines) is 1. The van der Waals surface area contributed by atoms with E-state index in [2.05, 4.69) is 10.6 Å². The van der Waals surface area contributed by atoms with E-state index in [1.165, 1.54) is 4.90 Å². The van der Waals surface area contributed by atoms with Crippen LogP contribution in [0.15, 0.2) is 48.5 Å². The van der Waals surface area contributed by atoms with Gasteiger partial charge in [0.25, 0.3) is 0 Å². The Morgan fingerprint density at radius 3 is 2.51 bits per heavy atom. The van der Waals surface area contributed by atoms with E-state index < -0.39 is 41.0 Å². The molecule has 9 heteroatoms. The Kier molecular flexibility index (Phi) is 6.54. The van der Waals surface area contributed by atoms with E-state index in [1.807, 2.05) is 45.0 Å². The SMILES string of the molecule is CC[C@@H](CO)N1C(=O)[C@@H]2[C@H](C(=O)Nc3ccccc3)[C@]3(C)CCC2(O3)C1C(=O)Nc1c(C)cccc1Cl. The van der Waals surface area contributed by atoms with Gasteiger partial charge in [-0.3, -0.25) is 14.4 Å². The van der Waals surface area contributed by atoms with Crippen molar-refractivity contribution in [2.75, 3.05) is 17.2 Å². The zero-order chi connectivity index (χ0) is 26.5. The topological polar surface area (TPSA) is 108 Å². The zero-order valence-corrected chi connectivity index (χ0v) is 21.9. The molecule has 3 amide bonds. The van der Waals surface area contributed by atoms with Crippen LogP contribution in [0.1, 0.15) is 38.7 Å². The second-order valence-corrected chi connectivity index (χ2v) is 10.9. The van der Waals surface area contributed by atoms with Crippen molar-refractivity contribution in [1.82, 2.24) is 4.90 Å². The van der Waals surface area contributed by atoms with Gasteiger partial charge in [-0.05, 0) is 56.9 Å². The van der Waals surface area contributed by atoms with E-state index >= 15 is 0 Å². The molecule has 3 heterocycles. The maximum Gasteiger partial charge on any atom is 0.250 e. The first-order valence-corrected chi connectivity index (χ1v) is 13.1. The first-order chi connectivity index (χ1) is 17.7. The van der Waals surface area contributed by atoms with Crippen LogP contribution in [0.2, 0.25) is 5.02 Å². The second-order valence-electron chi connectivity index (χ2n) is 10.5. The number of nitrogens with zero attached hydrogens (tertiary/aromatic N) is 1. The molecule has 3 saturated heterocycles. The number of hydrogen-bond acceptors (Lipinski definition) is 5. The van der Waals surface area contributed by atoms with Crippen LogP contribution in [0.4, 0.5) is 11.4 Å². The lowest BCUT2D eigenvalue weighted by molar-refractivity contribution is -0.146. The minimum Gasteiger partial charge on any atom is -0.394 e. The number of nitrogens with one attached hydrogen (secondary N) is 2. The van der Waals surface area contributed by atoms with Crippen molar-refractivity contribution in [2.45, 2.75) is 63.3 Å². The summed E-state index contributed by atoms with van der Waals surface area (Å²) in [6.07, 6.45) is 1.42. The van der Waals surface area contributed by atoms with Gasteiger partial charge in [-0.15, -0.1) is 0 Å². The van der Waals surface area contributed by atoms with Crippen molar-refractivity contribution in [1.29, 1.82) is 0 Å². The molecule has 37 heavy (non-hydrogen) atoms. The normalized spacial score (nSPS) is 30.8. The smallest absolute Gasteiger partial charge is 0.250 e. The van der Waals surface area contributed by atoms with Crippen LogP contribution >= 0.6 is 11.6 Å². The molecule has 3 aliphatic heterocycles. The van der Waals surface area contributed by atoms with Crippen molar-refractivity contribution < 1.29 is 24.2 Å². The Labute approximate surface area is 221 Å². The van der Waals surface area contributed by atoms with Gasteiger partial charge in [-0.25, -0.2) is 0 Å². The lowest BCUT2D eigenvalue weighted by Crippen LogP contribution is -2.56. The zero-order valence-electron chi connectivity index (χ0n) is 21.2. The van der Waals surface area contributed by atoms with E-state index in [1.54, 1.807) is 24.3 Å². The third kappa shape index (κ3) is 3.93. The third-order valence-corrected chi connectivity index (χ3v) is 8.65. The van der Waals surface area contributed by atoms with Crippen molar-refractivity contribution in [3.8, 4) is 0 Å². The highest BCUT2D eigenvalue weighted by atomic mass is 35.5. The summed E-state index contributed by atoms with van der Waals surface area (Å²) in [4.78, 5) is 43.2. The number of hydrogen-bond donors (Lipinski definition) is 3. The van der Waals surface area contributed by atoms with Crippen LogP contribution in [0.3, 0.4) is 0 Å². The fraction of sp³-hybridized carbons (Fsp3) is 0.464. The Balaban J connectivity index is 1.55. The van der Waals surface area contributed by atoms with Gasteiger partial charge in [-0.1, -0.05) is 48.9 Å². The number of aliphatic hydroxyl groups excluding tert-OH is 1. The van der Waals surface area contributed by atoms with Gasteiger partial charge in [-0.2, -0.15) is 0 Å². The van der Waals surface area contributed by atoms with Gasteiger partial charge in [0.2, 0.25) is 17.7 Å². The van der Waals surface area contributed by atoms with Crippen molar-refractivity contribution in [2.24, 2.45) is 11.8 Å². The monoisotopic (exact) mass is 525 g/mol. The number of amides is 3. The van der Waals surface area contributed by atoms with Gasteiger partial charge in [0.1, 0.15) is 11.6 Å². The number of anilines is 2. The first-order valence-electron chi connectivity index (χ1n) is 12.7. The minimum absolute atomic E-state index is 0.307. The van der Waals surface area contributed by atoms with E-state index in [0.29, 0.717) is 35.7 Å². The van der Waals surface area contributed by atoms with E-state index in [9.17, 15) is 19.5 Å². The van der Waals surface area contributed by atoms with E-state index in [0.717, 1.165) is 5.56 Å². The fourth-order valence-electron chi connectivity index (χ4n) is 6.59. The van der Waals surface area contributed by atoms with E-state index in [-0.39, 0.29) is 18.4 Å². The van der Waals surface area contributed by atoms with E-state index in [4.69, 9.17) is 16.3 Å². The molecule has 3 fully saturated rings. The summed E-state index contributed by atoms with van der Waals surface area (Å²) in [5.74, 6) is -2.72. The number of para-hydroxylation sites is 2. The first kappa shape index (κ1) is 25.7. The number of benzene rings is 2. The summed E-state index contributed by atoms with van der Waals surface area (Å²) in [7, 11) is 0. The molecule has 3 aliphatic rings. The molecule has 5 rings (SSSR count). The average Bonchev–Trinajstić information content (AvgIpc) is 3.44. The van der Waals surface area contributed by atoms with Crippen molar-refractivity contribution >= 4 is 40.7 Å². The van der Waals surface area contributed by atoms with Crippen LogP contribution in [-0.4, -0.2) is 57.6 Å². The summed E-state index contributed by atoms with van der Waals surface area (Å²) in [6, 6.07) is 12.8. The Morgan fingerprint density at radius 1 is 1.14 bits per heavy atom. The number of fused-ring (bicyclic) bond motifs is 1. The summed E-state index contributed by atoms with van der Waals surface area (Å²) >= 11 is 6.39. The lowest BCUT2D eigenvalue weighted by atomic mass is 9.66. The van der Waals surface area contributed by atoms with Crippen molar-refractivity contribution in [3.63, 3.8) is 0 Å². The molecule has 2 unspecified atom stereocenters. The van der Waals surface area contributed by atoms with Gasteiger partial charge < -0.3 is 25.4 Å². The molecule has 1 spiro atoms. The highest BCUT2D eigenvalue weighted by Crippen LogP contribution is 2.63. The number of carbonyl (C=O) groups excluding carboxylic acids is 3. The van der Waals surface area contributed by atoms with Crippen LogP contribution in [0.25, 0.3) is 0 Å². The standard InChI is InChI=1S/C28H32ClN3O5/c1-4-18(15-33)32-23(25(35)31-22-16(2)9-8-12-19(22)29)28-14-13-27(3,37-28)20(21(28)26(32)36)24(34)30-17-10-6-5-7-11-17/h5-12,18,20-21,23,33H,4,13-15H2,1-3H3,(H,30,34)(H,31,35)/t18-,20+,21-,23?,27-,28?/m0/s1. The summed E-state index contributed by atoms with van der Waals surface area (Å²) < 4.78 is 6.62. The van der Waals surface area contributed by atoms with Gasteiger partial charge >= 0.3 is 0 Å². The third-order valence-electron chi connectivity index (χ3n) is 8.33. The lowest BCUT2D eigenvalue weighted by Gasteiger charge is -2.36. The molecule has 0 saturated carbocycles. The summed E-state index contributed by atoms with van der Waals surface area (Å²) in [5.41, 5.74) is -0.211. The quantitative estimate of drug-likeness (QED) is 0.510. The minimum atomic E-state index is -1.19. The fourth-order valence-corrected chi connectivity index (χ4v) is 6.86. The highest BCUT2D eigenvalue weighted by Gasteiger charge is 2.78. The molecule has 0 radical (unpaired) electrons. The Hall–Kier alpha value is -2.94. The Bertz CT molecular complexity index is 1220. The molecular weight excluding hydrogens is 494 g/mol. The average molecular weight is 526 g/mol. The van der Waals surface area contributed by atoms with Crippen molar-refractivity contribution in [3.05, 3.63) is 59.1 Å². The number of rotatable bonds is 7. The number of ether oxygens (including phenoxy) is 1. The molecule has 0 aromatic heterocycles. The molecule has 2 bridgehead atoms. The maximum atomic E-state index is 14.1. The van der Waals surface area contributed by atoms with Gasteiger partial charge in [0.15, 0.2) is 0 Å². The summed E-state index contributed by atoms with van der Waals surface area (Å²) in [6.45, 7) is 5.24. The molecule has 0 aliphatic carbocycles. The maximum absolute atomic E-state index is 14.1. The summed E-state index contributed by atoms with van der Waals surface area (Å²) in [5, 5.41) is 16.4. The van der Waals surface area contributed by atoms with Gasteiger partial charge in [0.05, 0.1) is 40.8 Å². The molecule has 2 aromatic carbocycles. The predicted molar refractivity (Wildman–Crippen MR) is 140 cm³/mol. The van der Waals surface area contributed by atoms with Crippen LogP contribution in [0, 0.1) is 18.8 Å². The molecular formula is C28H32ClN3O5. The second kappa shape index (κ2) is 9.42. The largest absolute Gasteiger partial charge is 0.394 e. The number of halogens is 1. The number of aliphatic hydroxyl groups is 1. The van der Waals surface area contributed by atoms with Gasteiger partial charge in [0, 0.05) is 5.69 Å². The van der Waals surface area contributed by atoms with Crippen LogP contribution in [-0.2, 0) is 19.1 Å². The molecule has 6 atom stereocenters. The number of aryl methyl sites for hydroxylation is 1. The molecule has 8 nitrogen and oxygen atoms in total. The Morgan fingerprint density at radius 2 is 1.86 bits per heavy atom. The van der Waals surface area contributed by atoms with Crippen LogP contribution < -0.4 is 10.6 Å². The molecule has 2 aromatic rings. The molecule has 196 valence electrons.